The Bertz CT molecular complexity index is 612. The number of carbonyl (C=O) groups is 2. The first-order valence-electron chi connectivity index (χ1n) is 7.07. The van der Waals surface area contributed by atoms with Gasteiger partial charge in [0.25, 0.3) is 5.91 Å². The number of pyridine rings is 1. The summed E-state index contributed by atoms with van der Waals surface area (Å²) in [6.45, 7) is 2.08. The maximum Gasteiger partial charge on any atom is 0.329 e. The lowest BCUT2D eigenvalue weighted by Gasteiger charge is -2.36. The van der Waals surface area contributed by atoms with Gasteiger partial charge in [-0.05, 0) is 37.7 Å². The molecule has 1 aromatic heterocycles. The molecule has 0 bridgehead atoms. The average Bonchev–Trinajstić information content (AvgIpc) is 2.44. The van der Waals surface area contributed by atoms with E-state index in [-0.39, 0.29) is 11.1 Å². The van der Waals surface area contributed by atoms with Crippen molar-refractivity contribution in [3.63, 3.8) is 0 Å². The summed E-state index contributed by atoms with van der Waals surface area (Å²) in [5.74, 6) is -0.970. The Balaban J connectivity index is 2.21. The molecule has 1 aliphatic rings. The van der Waals surface area contributed by atoms with E-state index in [0.29, 0.717) is 18.8 Å². The van der Waals surface area contributed by atoms with Crippen LogP contribution in [0.1, 0.15) is 43.0 Å². The molecule has 114 valence electrons. The van der Waals surface area contributed by atoms with Crippen LogP contribution >= 0.6 is 0 Å². The molecule has 1 aliphatic carbocycles. The van der Waals surface area contributed by atoms with Crippen LogP contribution in [-0.4, -0.2) is 27.1 Å². The number of aromatic nitrogens is 1. The number of amides is 1. The molecule has 1 heterocycles. The fourth-order valence-corrected chi connectivity index (χ4v) is 2.66. The third kappa shape index (κ3) is 3.15. The van der Waals surface area contributed by atoms with Crippen molar-refractivity contribution < 1.29 is 14.7 Å². The molecule has 6 nitrogen and oxygen atoms in total. The van der Waals surface area contributed by atoms with Gasteiger partial charge >= 0.3 is 5.97 Å². The van der Waals surface area contributed by atoms with E-state index in [1.165, 1.54) is 22.9 Å². The molecule has 21 heavy (non-hydrogen) atoms. The molecule has 1 saturated carbocycles. The molecule has 0 aliphatic heterocycles. The van der Waals surface area contributed by atoms with Gasteiger partial charge in [0, 0.05) is 19.3 Å². The maximum atomic E-state index is 12.3. The number of hydrogen-bond acceptors (Lipinski definition) is 3. The number of aliphatic carboxylic acids is 1. The molecule has 1 amide bonds. The molecule has 2 N–H and O–H groups in total. The molecular formula is C15H20N2O4. The fraction of sp³-hybridized carbons (Fsp3) is 0.533. The van der Waals surface area contributed by atoms with Gasteiger partial charge in [-0.25, -0.2) is 4.79 Å². The molecule has 0 atom stereocenters. The maximum absolute atomic E-state index is 12.3. The summed E-state index contributed by atoms with van der Waals surface area (Å²) in [4.78, 5) is 35.2. The lowest BCUT2D eigenvalue weighted by molar-refractivity contribution is -0.146. The van der Waals surface area contributed by atoms with Crippen LogP contribution in [0, 0.1) is 5.92 Å². The number of carboxylic acids is 1. The summed E-state index contributed by atoms with van der Waals surface area (Å²) < 4.78 is 1.30. The van der Waals surface area contributed by atoms with Gasteiger partial charge < -0.3 is 15.0 Å². The molecule has 0 aromatic carbocycles. The Labute approximate surface area is 122 Å². The van der Waals surface area contributed by atoms with Crippen molar-refractivity contribution in [1.29, 1.82) is 0 Å². The first-order chi connectivity index (χ1) is 9.84. The van der Waals surface area contributed by atoms with Crippen LogP contribution in [-0.2, 0) is 11.8 Å². The van der Waals surface area contributed by atoms with Crippen molar-refractivity contribution in [2.75, 3.05) is 0 Å². The second-order valence-electron chi connectivity index (χ2n) is 5.89. The molecule has 0 unspecified atom stereocenters. The number of aryl methyl sites for hydroxylation is 1. The minimum absolute atomic E-state index is 0.217. The minimum atomic E-state index is -1.20. The molecule has 1 aromatic rings. The Kier molecular flexibility index (Phi) is 4.16. The number of nitrogens with one attached hydrogen (secondary N) is 1. The van der Waals surface area contributed by atoms with E-state index in [1.807, 2.05) is 0 Å². The van der Waals surface area contributed by atoms with Crippen molar-refractivity contribution in [3.8, 4) is 0 Å². The summed E-state index contributed by atoms with van der Waals surface area (Å²) >= 11 is 0. The van der Waals surface area contributed by atoms with E-state index >= 15 is 0 Å². The highest BCUT2D eigenvalue weighted by atomic mass is 16.4. The zero-order valence-corrected chi connectivity index (χ0v) is 12.3. The first-order valence-corrected chi connectivity index (χ1v) is 7.07. The molecule has 2 rings (SSSR count). The Morgan fingerprint density at radius 1 is 1.33 bits per heavy atom. The summed E-state index contributed by atoms with van der Waals surface area (Å²) in [6, 6.07) is 2.71. The summed E-state index contributed by atoms with van der Waals surface area (Å²) in [5, 5.41) is 12.2. The lowest BCUT2D eigenvalue weighted by atomic mass is 9.77. The standard InChI is InChI=1S/C15H20N2O4/c1-10-5-7-15(8-6-10,14(20)21)16-13(19)11-3-4-12(18)17(2)9-11/h3-4,9-10H,5-8H2,1-2H3,(H,16,19)(H,20,21). The largest absolute Gasteiger partial charge is 0.480 e. The van der Waals surface area contributed by atoms with Crippen LogP contribution in [0.2, 0.25) is 0 Å². The smallest absolute Gasteiger partial charge is 0.329 e. The van der Waals surface area contributed by atoms with E-state index in [9.17, 15) is 19.5 Å². The number of rotatable bonds is 3. The predicted octanol–water partition coefficient (Wildman–Crippen LogP) is 1.15. The molecule has 0 spiro atoms. The van der Waals surface area contributed by atoms with Crippen LogP contribution < -0.4 is 10.9 Å². The highest BCUT2D eigenvalue weighted by molar-refractivity contribution is 5.97. The number of nitrogens with zero attached hydrogens (tertiary/aromatic N) is 1. The molecular weight excluding hydrogens is 272 g/mol. The number of carbonyl (C=O) groups excluding carboxylic acids is 1. The number of hydrogen-bond donors (Lipinski definition) is 2. The van der Waals surface area contributed by atoms with Crippen molar-refractivity contribution in [2.45, 2.75) is 38.1 Å². The topological polar surface area (TPSA) is 88.4 Å². The first kappa shape index (κ1) is 15.3. The average molecular weight is 292 g/mol. The number of carboxylic acid groups (broad SMARTS) is 1. The fourth-order valence-electron chi connectivity index (χ4n) is 2.66. The predicted molar refractivity (Wildman–Crippen MR) is 77.1 cm³/mol. The van der Waals surface area contributed by atoms with E-state index in [4.69, 9.17) is 0 Å². The third-order valence-corrected chi connectivity index (χ3v) is 4.24. The van der Waals surface area contributed by atoms with Gasteiger partial charge in [-0.2, -0.15) is 0 Å². The monoisotopic (exact) mass is 292 g/mol. The van der Waals surface area contributed by atoms with Gasteiger partial charge in [0.1, 0.15) is 5.54 Å². The van der Waals surface area contributed by atoms with Gasteiger partial charge in [-0.3, -0.25) is 9.59 Å². The van der Waals surface area contributed by atoms with Crippen LogP contribution in [0.5, 0.6) is 0 Å². The molecule has 0 saturated heterocycles. The van der Waals surface area contributed by atoms with Crippen LogP contribution in [0.25, 0.3) is 0 Å². The van der Waals surface area contributed by atoms with Crippen LogP contribution in [0.15, 0.2) is 23.1 Å². The highest BCUT2D eigenvalue weighted by Crippen LogP contribution is 2.32. The van der Waals surface area contributed by atoms with E-state index < -0.39 is 17.4 Å². The van der Waals surface area contributed by atoms with Crippen molar-refractivity contribution >= 4 is 11.9 Å². The SMILES string of the molecule is CC1CCC(NC(=O)c2ccc(=O)n(C)c2)(C(=O)O)CC1. The summed E-state index contributed by atoms with van der Waals surface area (Å²) in [7, 11) is 1.55. The van der Waals surface area contributed by atoms with Crippen LogP contribution in [0.4, 0.5) is 0 Å². The highest BCUT2D eigenvalue weighted by Gasteiger charge is 2.42. The quantitative estimate of drug-likeness (QED) is 0.874. The van der Waals surface area contributed by atoms with Crippen molar-refractivity contribution in [2.24, 2.45) is 13.0 Å². The van der Waals surface area contributed by atoms with Gasteiger partial charge in [-0.1, -0.05) is 6.92 Å². The zero-order chi connectivity index (χ0) is 15.6. The van der Waals surface area contributed by atoms with Gasteiger partial charge in [0.05, 0.1) is 5.56 Å². The molecule has 6 heteroatoms. The van der Waals surface area contributed by atoms with Gasteiger partial charge in [-0.15, -0.1) is 0 Å². The third-order valence-electron chi connectivity index (χ3n) is 4.24. The molecule has 1 fully saturated rings. The van der Waals surface area contributed by atoms with Crippen molar-refractivity contribution in [1.82, 2.24) is 9.88 Å². The molecule has 0 radical (unpaired) electrons. The second-order valence-corrected chi connectivity index (χ2v) is 5.89. The van der Waals surface area contributed by atoms with E-state index in [1.54, 1.807) is 7.05 Å². The van der Waals surface area contributed by atoms with Gasteiger partial charge in [0.15, 0.2) is 0 Å². The van der Waals surface area contributed by atoms with Crippen LogP contribution in [0.3, 0.4) is 0 Å². The Morgan fingerprint density at radius 2 is 1.95 bits per heavy atom. The minimum Gasteiger partial charge on any atom is -0.480 e. The Morgan fingerprint density at radius 3 is 2.48 bits per heavy atom. The van der Waals surface area contributed by atoms with Gasteiger partial charge in [0.2, 0.25) is 5.56 Å². The van der Waals surface area contributed by atoms with E-state index in [2.05, 4.69) is 12.2 Å². The second kappa shape index (κ2) is 5.71. The summed E-state index contributed by atoms with van der Waals surface area (Å²) in [6.07, 6.45) is 3.83. The lowest BCUT2D eigenvalue weighted by Crippen LogP contribution is -2.56. The van der Waals surface area contributed by atoms with Crippen molar-refractivity contribution in [3.05, 3.63) is 34.2 Å². The normalized spacial score (nSPS) is 25.3. The summed E-state index contributed by atoms with van der Waals surface area (Å²) in [5.41, 5.74) is -1.12. The van der Waals surface area contributed by atoms with E-state index in [0.717, 1.165) is 12.8 Å². The Hall–Kier alpha value is -2.11. The zero-order valence-electron chi connectivity index (χ0n) is 12.3.